The summed E-state index contributed by atoms with van der Waals surface area (Å²) in [6.45, 7) is 0.249. The fraction of sp³-hybridized carbons (Fsp3) is 0.0625. The molecule has 2 aromatic rings. The number of nitrogens with zero attached hydrogens (tertiary/aromatic N) is 1. The molecule has 0 bridgehead atoms. The number of para-hydroxylation sites is 1. The number of ether oxygens (including phenoxy) is 1. The third-order valence-corrected chi connectivity index (χ3v) is 2.43. The zero-order chi connectivity index (χ0) is 14.2. The van der Waals surface area contributed by atoms with Crippen LogP contribution in [0.25, 0.3) is 0 Å². The number of benzene rings is 2. The molecule has 0 saturated heterocycles. The second kappa shape index (κ2) is 8.87. The fourth-order valence-electron chi connectivity index (χ4n) is 1.58. The van der Waals surface area contributed by atoms with Crippen LogP contribution in [0.5, 0.6) is 11.5 Å². The largest absolute Gasteiger partial charge is 0.457 e. The molecule has 4 nitrogen and oxygen atoms in total. The van der Waals surface area contributed by atoms with Crippen molar-refractivity contribution in [3.8, 4) is 23.8 Å². The monoisotopic (exact) mass is 393 g/mol. The Balaban J connectivity index is 0.00000220. The van der Waals surface area contributed by atoms with Gasteiger partial charge in [-0.1, -0.05) is 30.2 Å². The van der Waals surface area contributed by atoms with Gasteiger partial charge in [-0.05, 0) is 24.3 Å². The Labute approximate surface area is 141 Å². The van der Waals surface area contributed by atoms with Crippen molar-refractivity contribution in [1.82, 2.24) is 0 Å². The summed E-state index contributed by atoms with van der Waals surface area (Å²) in [5.74, 6) is 4.16. The number of guanidine groups is 1. The van der Waals surface area contributed by atoms with Crippen molar-refractivity contribution in [1.29, 1.82) is 0 Å². The van der Waals surface area contributed by atoms with E-state index in [0.717, 1.165) is 11.4 Å². The summed E-state index contributed by atoms with van der Waals surface area (Å²) < 4.78 is 5.73. The molecule has 0 amide bonds. The molecule has 108 valence electrons. The van der Waals surface area contributed by atoms with Gasteiger partial charge in [0.05, 0.1) is 0 Å². The first-order valence-corrected chi connectivity index (χ1v) is 6.11. The van der Waals surface area contributed by atoms with Crippen molar-refractivity contribution >= 4 is 35.6 Å². The summed E-state index contributed by atoms with van der Waals surface area (Å²) in [6.07, 6.45) is 5.12. The summed E-state index contributed by atoms with van der Waals surface area (Å²) in [7, 11) is 0. The first kappa shape index (κ1) is 16.9. The van der Waals surface area contributed by atoms with E-state index in [2.05, 4.69) is 16.2 Å². The molecule has 0 aliphatic heterocycles. The summed E-state index contributed by atoms with van der Waals surface area (Å²) in [6, 6.07) is 17.0. The number of hydrogen-bond acceptors (Lipinski definition) is 2. The molecule has 0 radical (unpaired) electrons. The molecule has 0 aliphatic rings. The van der Waals surface area contributed by atoms with E-state index in [1.54, 1.807) is 0 Å². The topological polar surface area (TPSA) is 59.6 Å². The van der Waals surface area contributed by atoms with Gasteiger partial charge in [-0.2, -0.15) is 0 Å². The Morgan fingerprint density at radius 2 is 1.86 bits per heavy atom. The minimum absolute atomic E-state index is 0. The number of rotatable bonds is 4. The highest BCUT2D eigenvalue weighted by atomic mass is 127. The van der Waals surface area contributed by atoms with Gasteiger partial charge in [0.25, 0.3) is 0 Å². The lowest BCUT2D eigenvalue weighted by molar-refractivity contribution is 0.483. The SMILES string of the molecule is C#CCN=C(N)Nc1cccc(Oc2ccccc2)c1.I. The molecule has 0 fully saturated rings. The molecule has 0 spiro atoms. The molecule has 2 aromatic carbocycles. The summed E-state index contributed by atoms with van der Waals surface area (Å²) in [5.41, 5.74) is 6.49. The molecule has 0 saturated carbocycles. The molecule has 0 aromatic heterocycles. The number of terminal acetylenes is 1. The van der Waals surface area contributed by atoms with Crippen molar-refractivity contribution in [2.75, 3.05) is 11.9 Å². The van der Waals surface area contributed by atoms with Crippen LogP contribution < -0.4 is 15.8 Å². The van der Waals surface area contributed by atoms with Crippen LogP contribution in [-0.4, -0.2) is 12.5 Å². The molecule has 0 heterocycles. The van der Waals surface area contributed by atoms with E-state index >= 15 is 0 Å². The maximum atomic E-state index is 5.73. The van der Waals surface area contributed by atoms with Gasteiger partial charge >= 0.3 is 0 Å². The molecular weight excluding hydrogens is 377 g/mol. The van der Waals surface area contributed by atoms with E-state index in [0.29, 0.717) is 5.75 Å². The zero-order valence-corrected chi connectivity index (χ0v) is 13.7. The van der Waals surface area contributed by atoms with Crippen LogP contribution >= 0.6 is 24.0 Å². The third-order valence-electron chi connectivity index (χ3n) is 2.43. The van der Waals surface area contributed by atoms with Gasteiger partial charge in [0.1, 0.15) is 18.0 Å². The van der Waals surface area contributed by atoms with E-state index < -0.39 is 0 Å². The van der Waals surface area contributed by atoms with Crippen molar-refractivity contribution in [2.24, 2.45) is 10.7 Å². The number of nitrogens with two attached hydrogens (primary N) is 1. The lowest BCUT2D eigenvalue weighted by Crippen LogP contribution is -2.22. The maximum Gasteiger partial charge on any atom is 0.194 e. The lowest BCUT2D eigenvalue weighted by Gasteiger charge is -2.09. The number of nitrogens with one attached hydrogen (secondary N) is 1. The summed E-state index contributed by atoms with van der Waals surface area (Å²) in [4.78, 5) is 3.96. The standard InChI is InChI=1S/C16H15N3O.HI/c1-2-11-18-16(17)19-13-7-6-10-15(12-13)20-14-8-4-3-5-9-14;/h1,3-10,12H,11H2,(H3,17,18,19);1H. The maximum absolute atomic E-state index is 5.73. The van der Waals surface area contributed by atoms with E-state index in [1.165, 1.54) is 0 Å². The van der Waals surface area contributed by atoms with Crippen molar-refractivity contribution in [2.45, 2.75) is 0 Å². The normalized spacial score (nSPS) is 10.1. The molecule has 2 rings (SSSR count). The average Bonchev–Trinajstić information content (AvgIpc) is 2.46. The van der Waals surface area contributed by atoms with Gasteiger partial charge in [0, 0.05) is 11.8 Å². The van der Waals surface area contributed by atoms with Crippen molar-refractivity contribution in [3.63, 3.8) is 0 Å². The van der Waals surface area contributed by atoms with Crippen molar-refractivity contribution < 1.29 is 4.74 Å². The Morgan fingerprint density at radius 3 is 2.57 bits per heavy atom. The van der Waals surface area contributed by atoms with Crippen molar-refractivity contribution in [3.05, 3.63) is 54.6 Å². The van der Waals surface area contributed by atoms with Crippen LogP contribution in [-0.2, 0) is 0 Å². The van der Waals surface area contributed by atoms with Crippen LogP contribution in [0.15, 0.2) is 59.6 Å². The third kappa shape index (κ3) is 5.75. The van der Waals surface area contributed by atoms with Gasteiger partial charge in [-0.25, -0.2) is 4.99 Å². The highest BCUT2D eigenvalue weighted by Crippen LogP contribution is 2.23. The van der Waals surface area contributed by atoms with E-state index in [-0.39, 0.29) is 36.5 Å². The highest BCUT2D eigenvalue weighted by Gasteiger charge is 1.99. The minimum atomic E-state index is 0. The number of aliphatic imine (C=N–C) groups is 1. The first-order chi connectivity index (χ1) is 9.78. The minimum Gasteiger partial charge on any atom is -0.457 e. The van der Waals surface area contributed by atoms with Crippen LogP contribution in [0.2, 0.25) is 0 Å². The number of anilines is 1. The molecule has 21 heavy (non-hydrogen) atoms. The molecule has 0 unspecified atom stereocenters. The molecule has 3 N–H and O–H groups in total. The Morgan fingerprint density at radius 1 is 1.14 bits per heavy atom. The summed E-state index contributed by atoms with van der Waals surface area (Å²) >= 11 is 0. The number of halogens is 1. The predicted octanol–water partition coefficient (Wildman–Crippen LogP) is 3.46. The first-order valence-electron chi connectivity index (χ1n) is 6.11. The average molecular weight is 393 g/mol. The van der Waals surface area contributed by atoms with E-state index in [4.69, 9.17) is 16.9 Å². The quantitative estimate of drug-likeness (QED) is 0.362. The van der Waals surface area contributed by atoms with Gasteiger partial charge in [-0.15, -0.1) is 30.4 Å². The van der Waals surface area contributed by atoms with Crippen LogP contribution in [0.3, 0.4) is 0 Å². The second-order valence-electron chi connectivity index (χ2n) is 3.97. The van der Waals surface area contributed by atoms with Gasteiger partial charge in [0.15, 0.2) is 5.96 Å². The molecule has 0 aliphatic carbocycles. The zero-order valence-electron chi connectivity index (χ0n) is 11.3. The van der Waals surface area contributed by atoms with Crippen LogP contribution in [0.1, 0.15) is 0 Å². The number of hydrogen-bond donors (Lipinski definition) is 2. The highest BCUT2D eigenvalue weighted by molar-refractivity contribution is 14.0. The lowest BCUT2D eigenvalue weighted by atomic mass is 10.3. The molecule has 0 atom stereocenters. The van der Waals surface area contributed by atoms with Gasteiger partial charge in [-0.3, -0.25) is 0 Å². The Kier molecular flexibility index (Phi) is 7.12. The fourth-order valence-corrected chi connectivity index (χ4v) is 1.58. The second-order valence-corrected chi connectivity index (χ2v) is 3.97. The molecule has 5 heteroatoms. The van der Waals surface area contributed by atoms with Crippen LogP contribution in [0.4, 0.5) is 5.69 Å². The van der Waals surface area contributed by atoms with Gasteiger partial charge < -0.3 is 15.8 Å². The van der Waals surface area contributed by atoms with E-state index in [1.807, 2.05) is 54.6 Å². The summed E-state index contributed by atoms with van der Waals surface area (Å²) in [5, 5.41) is 2.96. The van der Waals surface area contributed by atoms with E-state index in [9.17, 15) is 0 Å². The smallest absolute Gasteiger partial charge is 0.194 e. The predicted molar refractivity (Wildman–Crippen MR) is 97.3 cm³/mol. The molecular formula is C16H16IN3O. The van der Waals surface area contributed by atoms with Gasteiger partial charge in [0.2, 0.25) is 0 Å². The Bertz CT molecular complexity index is 635. The van der Waals surface area contributed by atoms with Crippen LogP contribution in [0, 0.1) is 12.3 Å². The Hall–Kier alpha value is -2.20.